The van der Waals surface area contributed by atoms with Crippen molar-refractivity contribution in [3.8, 4) is 5.75 Å². The number of nitrogens with zero attached hydrogens (tertiary/aromatic N) is 1. The van der Waals surface area contributed by atoms with Crippen LogP contribution in [0.1, 0.15) is 24.0 Å². The summed E-state index contributed by atoms with van der Waals surface area (Å²) in [6.45, 7) is -0.487. The molecule has 0 radical (unpaired) electrons. The average molecular weight is 572 g/mol. The summed E-state index contributed by atoms with van der Waals surface area (Å²) < 4.78 is 0. The van der Waals surface area contributed by atoms with Crippen LogP contribution in [-0.2, 0) is 32.0 Å². The molecular weight excluding hydrogens is 534 g/mol. The summed E-state index contributed by atoms with van der Waals surface area (Å²) in [5, 5.41) is 36.0. The van der Waals surface area contributed by atoms with Gasteiger partial charge in [-0.1, -0.05) is 42.5 Å². The molecule has 41 heavy (non-hydrogen) atoms. The Hall–Kier alpha value is -4.69. The minimum absolute atomic E-state index is 0.00645. The summed E-state index contributed by atoms with van der Waals surface area (Å²) in [7, 11) is 0. The number of hydrogen-bond donors (Lipinski definition) is 9. The fraction of sp³-hybridized carbons (Fsp3) is 0.370. The lowest BCUT2D eigenvalue weighted by Crippen LogP contribution is -2.58. The molecule has 0 aromatic heterocycles. The number of aliphatic carboxylic acids is 1. The number of nitrogens with one attached hydrogen (secondary N) is 3. The van der Waals surface area contributed by atoms with Crippen LogP contribution in [0.15, 0.2) is 59.6 Å². The fourth-order valence-electron chi connectivity index (χ4n) is 3.80. The van der Waals surface area contributed by atoms with E-state index in [1.165, 1.54) is 12.1 Å². The van der Waals surface area contributed by atoms with Crippen LogP contribution in [0.25, 0.3) is 0 Å². The van der Waals surface area contributed by atoms with E-state index in [1.807, 2.05) is 0 Å². The minimum Gasteiger partial charge on any atom is -0.508 e. The van der Waals surface area contributed by atoms with Crippen LogP contribution in [-0.4, -0.2) is 82.3 Å². The summed E-state index contributed by atoms with van der Waals surface area (Å²) in [5.74, 6) is -3.69. The van der Waals surface area contributed by atoms with E-state index >= 15 is 0 Å². The zero-order chi connectivity index (χ0) is 30.4. The molecule has 0 fully saturated rings. The van der Waals surface area contributed by atoms with Crippen molar-refractivity contribution in [2.45, 2.75) is 49.9 Å². The smallest absolute Gasteiger partial charge is 0.326 e. The predicted octanol–water partition coefficient (Wildman–Crippen LogP) is -1.91. The molecule has 0 saturated heterocycles. The zero-order valence-corrected chi connectivity index (χ0v) is 22.4. The molecule has 4 atom stereocenters. The quantitative estimate of drug-likeness (QED) is 0.0613. The first-order valence-electron chi connectivity index (χ1n) is 12.9. The van der Waals surface area contributed by atoms with Crippen LogP contribution in [0.3, 0.4) is 0 Å². The number of nitrogens with two attached hydrogens (primary N) is 3. The van der Waals surface area contributed by atoms with E-state index in [0.717, 1.165) is 0 Å². The highest BCUT2D eigenvalue weighted by Gasteiger charge is 2.30. The van der Waals surface area contributed by atoms with Gasteiger partial charge >= 0.3 is 5.97 Å². The van der Waals surface area contributed by atoms with Crippen molar-refractivity contribution in [3.05, 3.63) is 65.7 Å². The highest BCUT2D eigenvalue weighted by atomic mass is 16.4. The average Bonchev–Trinajstić information content (AvgIpc) is 2.94. The number of carbonyl (C=O) groups excluding carboxylic acids is 3. The summed E-state index contributed by atoms with van der Waals surface area (Å²) in [6.07, 6.45) is 0.298. The van der Waals surface area contributed by atoms with E-state index in [4.69, 9.17) is 17.2 Å². The molecule has 4 unspecified atom stereocenters. The maximum absolute atomic E-state index is 13.4. The van der Waals surface area contributed by atoms with Crippen LogP contribution >= 0.6 is 0 Å². The third-order valence-electron chi connectivity index (χ3n) is 6.02. The van der Waals surface area contributed by atoms with Gasteiger partial charge in [0.2, 0.25) is 17.7 Å². The second-order valence-electron chi connectivity index (χ2n) is 9.32. The highest BCUT2D eigenvalue weighted by Crippen LogP contribution is 2.12. The molecule has 222 valence electrons. The molecule has 2 rings (SSSR count). The molecule has 0 heterocycles. The molecule has 14 heteroatoms. The van der Waals surface area contributed by atoms with Gasteiger partial charge < -0.3 is 48.5 Å². The van der Waals surface area contributed by atoms with E-state index in [2.05, 4.69) is 20.9 Å². The van der Waals surface area contributed by atoms with E-state index in [1.54, 1.807) is 42.5 Å². The maximum atomic E-state index is 13.4. The molecule has 0 saturated carbocycles. The van der Waals surface area contributed by atoms with E-state index in [0.29, 0.717) is 11.1 Å². The molecule has 0 spiro atoms. The van der Waals surface area contributed by atoms with Gasteiger partial charge in [-0.25, -0.2) is 4.79 Å². The van der Waals surface area contributed by atoms with Crippen molar-refractivity contribution in [3.63, 3.8) is 0 Å². The number of hydrogen-bond acceptors (Lipinski definition) is 8. The monoisotopic (exact) mass is 571 g/mol. The van der Waals surface area contributed by atoms with Gasteiger partial charge in [0.05, 0.1) is 6.61 Å². The van der Waals surface area contributed by atoms with Crippen molar-refractivity contribution in [1.29, 1.82) is 0 Å². The van der Waals surface area contributed by atoms with Crippen LogP contribution < -0.4 is 33.2 Å². The molecule has 3 amide bonds. The van der Waals surface area contributed by atoms with Gasteiger partial charge in [0, 0.05) is 19.4 Å². The molecule has 0 bridgehead atoms. The number of rotatable bonds is 16. The molecule has 12 N–H and O–H groups in total. The van der Waals surface area contributed by atoms with Crippen molar-refractivity contribution in [2.75, 3.05) is 13.2 Å². The Morgan fingerprint density at radius 1 is 0.780 bits per heavy atom. The van der Waals surface area contributed by atoms with Gasteiger partial charge in [0.1, 0.15) is 29.9 Å². The van der Waals surface area contributed by atoms with Crippen molar-refractivity contribution in [1.82, 2.24) is 16.0 Å². The van der Waals surface area contributed by atoms with Gasteiger partial charge in [0.25, 0.3) is 0 Å². The number of aromatic hydroxyl groups is 1. The number of aliphatic imine (C=N–C) groups is 1. The Kier molecular flexibility index (Phi) is 13.0. The molecule has 0 aliphatic carbocycles. The lowest BCUT2D eigenvalue weighted by Gasteiger charge is -2.25. The first kappa shape index (κ1) is 32.5. The molecule has 0 aliphatic rings. The first-order chi connectivity index (χ1) is 19.5. The lowest BCUT2D eigenvalue weighted by molar-refractivity contribution is -0.142. The molecule has 2 aromatic carbocycles. The van der Waals surface area contributed by atoms with Crippen LogP contribution in [0.2, 0.25) is 0 Å². The number of aliphatic hydroxyl groups excluding tert-OH is 1. The number of amides is 3. The number of carboxylic acid groups (broad SMARTS) is 1. The summed E-state index contributed by atoms with van der Waals surface area (Å²) in [5.41, 5.74) is 17.5. The number of phenols is 1. The SMILES string of the molecule is NC(N)=NCCCC(NC(=O)C(Cc1ccccc1)NC(=O)C(Cc1ccc(O)cc1)NC(=O)C(N)CO)C(=O)O. The molecule has 0 aliphatic heterocycles. The Morgan fingerprint density at radius 3 is 1.80 bits per heavy atom. The Labute approximate surface area is 237 Å². The van der Waals surface area contributed by atoms with Crippen LogP contribution in [0, 0.1) is 0 Å². The summed E-state index contributed by atoms with van der Waals surface area (Å²) in [6, 6.07) is 9.71. The Bertz CT molecular complexity index is 1190. The van der Waals surface area contributed by atoms with E-state index in [-0.39, 0.29) is 43.9 Å². The number of guanidine groups is 1. The fourth-order valence-corrected chi connectivity index (χ4v) is 3.80. The molecular formula is C27H37N7O7. The van der Waals surface area contributed by atoms with Crippen LogP contribution in [0.4, 0.5) is 0 Å². The van der Waals surface area contributed by atoms with Gasteiger partial charge in [-0.2, -0.15) is 0 Å². The van der Waals surface area contributed by atoms with E-state index < -0.39 is 54.5 Å². The zero-order valence-electron chi connectivity index (χ0n) is 22.4. The topological polar surface area (TPSA) is 255 Å². The van der Waals surface area contributed by atoms with E-state index in [9.17, 15) is 34.5 Å². The van der Waals surface area contributed by atoms with Crippen molar-refractivity contribution in [2.24, 2.45) is 22.2 Å². The number of carbonyl (C=O) groups is 4. The number of benzene rings is 2. The van der Waals surface area contributed by atoms with Crippen molar-refractivity contribution < 1.29 is 34.5 Å². The largest absolute Gasteiger partial charge is 0.508 e. The standard InChI is InChI=1S/C27H37N7O7/c28-19(15-35)23(37)33-21(14-17-8-10-18(36)11-9-17)25(39)34-22(13-16-5-2-1-3-6-16)24(38)32-20(26(40)41)7-4-12-31-27(29)30/h1-3,5-6,8-11,19-22,35-36H,4,7,12-15,28H2,(H,32,38)(H,33,37)(H,34,39)(H,40,41)(H4,29,30,31). The maximum Gasteiger partial charge on any atom is 0.326 e. The Balaban J connectivity index is 2.27. The normalized spacial score (nSPS) is 13.6. The van der Waals surface area contributed by atoms with Gasteiger partial charge in [-0.15, -0.1) is 0 Å². The highest BCUT2D eigenvalue weighted by molar-refractivity contribution is 5.94. The lowest BCUT2D eigenvalue weighted by atomic mass is 10.0. The molecule has 14 nitrogen and oxygen atoms in total. The predicted molar refractivity (Wildman–Crippen MR) is 150 cm³/mol. The first-order valence-corrected chi connectivity index (χ1v) is 12.9. The summed E-state index contributed by atoms with van der Waals surface area (Å²) >= 11 is 0. The number of carboxylic acids is 1. The van der Waals surface area contributed by atoms with Gasteiger partial charge in [-0.05, 0) is 36.1 Å². The summed E-state index contributed by atoms with van der Waals surface area (Å²) in [4.78, 5) is 54.8. The Morgan fingerprint density at radius 2 is 1.29 bits per heavy atom. The third kappa shape index (κ3) is 11.5. The second kappa shape index (κ2) is 16.4. The number of aliphatic hydroxyl groups is 1. The minimum atomic E-state index is -1.29. The second-order valence-corrected chi connectivity index (χ2v) is 9.32. The van der Waals surface area contributed by atoms with Gasteiger partial charge in [0.15, 0.2) is 5.96 Å². The molecule has 2 aromatic rings. The number of phenolic OH excluding ortho intramolecular Hbond substituents is 1. The van der Waals surface area contributed by atoms with Gasteiger partial charge in [-0.3, -0.25) is 19.4 Å². The van der Waals surface area contributed by atoms with Crippen LogP contribution in [0.5, 0.6) is 5.75 Å². The van der Waals surface area contributed by atoms with Crippen molar-refractivity contribution >= 4 is 29.7 Å². The third-order valence-corrected chi connectivity index (χ3v) is 6.02.